The van der Waals surface area contributed by atoms with Crippen LogP contribution in [0, 0.1) is 6.92 Å². The van der Waals surface area contributed by atoms with E-state index in [9.17, 15) is 4.79 Å². The number of aromatic nitrogens is 3. The Morgan fingerprint density at radius 3 is 3.09 bits per heavy atom. The molecule has 4 rings (SSSR count). The number of rotatable bonds is 3. The molecule has 3 heterocycles. The van der Waals surface area contributed by atoms with Crippen molar-refractivity contribution in [2.24, 2.45) is 0 Å². The largest absolute Gasteiger partial charge is 0.361 e. The smallest absolute Gasteiger partial charge is 0.277 e. The number of thioether (sulfide) groups is 1. The van der Waals surface area contributed by atoms with E-state index in [0.29, 0.717) is 11.4 Å². The number of fused-ring (bicyclic) bond motifs is 1. The summed E-state index contributed by atoms with van der Waals surface area (Å²) in [5, 5.41) is 7.60. The van der Waals surface area contributed by atoms with Crippen LogP contribution < -0.4 is 5.32 Å². The normalized spacial score (nSPS) is 13.1. The lowest BCUT2D eigenvalue weighted by Gasteiger charge is -2.04. The zero-order valence-corrected chi connectivity index (χ0v) is 13.3. The Bertz CT molecular complexity index is 862. The van der Waals surface area contributed by atoms with E-state index >= 15 is 0 Å². The zero-order chi connectivity index (χ0) is 15.8. The molecule has 0 spiro atoms. The summed E-state index contributed by atoms with van der Waals surface area (Å²) in [6.07, 6.45) is 2.05. The van der Waals surface area contributed by atoms with Gasteiger partial charge in [0.1, 0.15) is 5.76 Å². The lowest BCUT2D eigenvalue weighted by Crippen LogP contribution is -2.12. The third kappa shape index (κ3) is 2.75. The quantitative estimate of drug-likeness (QED) is 0.800. The van der Waals surface area contributed by atoms with Crippen molar-refractivity contribution in [3.8, 4) is 11.3 Å². The van der Waals surface area contributed by atoms with Gasteiger partial charge in [0.2, 0.25) is 0 Å². The summed E-state index contributed by atoms with van der Waals surface area (Å²) < 4.78 is 7.08. The highest BCUT2D eigenvalue weighted by molar-refractivity contribution is 7.99. The highest BCUT2D eigenvalue weighted by Crippen LogP contribution is 2.29. The Morgan fingerprint density at radius 1 is 1.39 bits per heavy atom. The molecular formula is C16H14N4O2S. The fraction of sp³-hybridized carbons (Fsp3) is 0.188. The van der Waals surface area contributed by atoms with Crippen molar-refractivity contribution in [3.63, 3.8) is 0 Å². The minimum absolute atomic E-state index is 0.269. The van der Waals surface area contributed by atoms with Crippen molar-refractivity contribution in [2.45, 2.75) is 18.6 Å². The Hall–Kier alpha value is -2.54. The van der Waals surface area contributed by atoms with Crippen LogP contribution in [-0.2, 0) is 6.54 Å². The molecule has 0 fully saturated rings. The van der Waals surface area contributed by atoms with E-state index in [4.69, 9.17) is 4.52 Å². The van der Waals surface area contributed by atoms with E-state index in [1.807, 2.05) is 24.3 Å². The summed E-state index contributed by atoms with van der Waals surface area (Å²) in [6.45, 7) is 2.75. The number of nitrogens with one attached hydrogen (secondary N) is 1. The third-order valence-electron chi connectivity index (χ3n) is 3.58. The van der Waals surface area contributed by atoms with Crippen LogP contribution in [0.4, 0.5) is 5.69 Å². The molecule has 0 aliphatic carbocycles. The fourth-order valence-electron chi connectivity index (χ4n) is 2.47. The van der Waals surface area contributed by atoms with Gasteiger partial charge in [0, 0.05) is 35.8 Å². The lowest BCUT2D eigenvalue weighted by atomic mass is 10.1. The molecule has 2 aromatic heterocycles. The summed E-state index contributed by atoms with van der Waals surface area (Å²) in [5.41, 5.74) is 2.86. The van der Waals surface area contributed by atoms with Gasteiger partial charge in [-0.05, 0) is 19.1 Å². The first-order valence-electron chi connectivity index (χ1n) is 7.24. The highest BCUT2D eigenvalue weighted by Gasteiger charge is 2.16. The van der Waals surface area contributed by atoms with Crippen molar-refractivity contribution in [2.75, 3.05) is 11.1 Å². The number of aryl methyl sites for hydroxylation is 2. The number of anilines is 1. The second-order valence-corrected chi connectivity index (χ2v) is 6.37. The maximum absolute atomic E-state index is 12.1. The molecule has 116 valence electrons. The molecule has 0 saturated carbocycles. The molecule has 0 atom stereocenters. The first kappa shape index (κ1) is 14.1. The summed E-state index contributed by atoms with van der Waals surface area (Å²) in [4.78, 5) is 16.8. The molecule has 1 N–H and O–H groups in total. The second-order valence-electron chi connectivity index (χ2n) is 5.31. The average Bonchev–Trinajstić information content (AvgIpc) is 3.22. The van der Waals surface area contributed by atoms with E-state index < -0.39 is 0 Å². The van der Waals surface area contributed by atoms with Gasteiger partial charge in [0.25, 0.3) is 5.91 Å². The van der Waals surface area contributed by atoms with Crippen molar-refractivity contribution < 1.29 is 9.32 Å². The van der Waals surface area contributed by atoms with Gasteiger partial charge in [0.15, 0.2) is 10.9 Å². The third-order valence-corrected chi connectivity index (χ3v) is 4.55. The second kappa shape index (κ2) is 5.58. The van der Waals surface area contributed by atoms with Crippen LogP contribution >= 0.6 is 11.8 Å². The minimum atomic E-state index is -0.290. The topological polar surface area (TPSA) is 73.0 Å². The van der Waals surface area contributed by atoms with Crippen LogP contribution in [0.3, 0.4) is 0 Å². The van der Waals surface area contributed by atoms with Gasteiger partial charge < -0.3 is 14.4 Å². The molecule has 3 aromatic rings. The molecule has 1 aliphatic rings. The number of hydrogen-bond acceptors (Lipinski definition) is 5. The van der Waals surface area contributed by atoms with Crippen molar-refractivity contribution >= 4 is 23.4 Å². The van der Waals surface area contributed by atoms with E-state index in [-0.39, 0.29) is 11.6 Å². The molecule has 0 bridgehead atoms. The maximum atomic E-state index is 12.1. The van der Waals surface area contributed by atoms with E-state index in [1.54, 1.807) is 24.8 Å². The summed E-state index contributed by atoms with van der Waals surface area (Å²) in [6, 6.07) is 9.24. The zero-order valence-electron chi connectivity index (χ0n) is 12.4. The maximum Gasteiger partial charge on any atom is 0.277 e. The molecule has 0 radical (unpaired) electrons. The number of hydrogen-bond donors (Lipinski definition) is 1. The molecule has 7 heteroatoms. The lowest BCUT2D eigenvalue weighted by molar-refractivity contribution is 0.101. The molecule has 23 heavy (non-hydrogen) atoms. The van der Waals surface area contributed by atoms with E-state index in [2.05, 4.69) is 26.2 Å². The van der Waals surface area contributed by atoms with E-state index in [0.717, 1.165) is 28.7 Å². The van der Waals surface area contributed by atoms with Gasteiger partial charge >= 0.3 is 0 Å². The number of nitrogens with zero attached hydrogens (tertiary/aromatic N) is 3. The molecular weight excluding hydrogens is 312 g/mol. The predicted octanol–water partition coefficient (Wildman–Crippen LogP) is 3.20. The Balaban J connectivity index is 1.57. The predicted molar refractivity (Wildman–Crippen MR) is 87.6 cm³/mol. The van der Waals surface area contributed by atoms with Crippen LogP contribution in [0.2, 0.25) is 0 Å². The standard InChI is InChI=1S/C16H14N4O2S/c1-10-7-13(19-22-10)15(21)17-12-4-2-3-11(8-12)14-9-20-5-6-23-16(20)18-14/h2-4,7-9H,5-6H2,1H3,(H,17,21). The molecule has 6 nitrogen and oxygen atoms in total. The number of carbonyl (C=O) groups is 1. The van der Waals surface area contributed by atoms with Crippen LogP contribution in [-0.4, -0.2) is 26.4 Å². The van der Waals surface area contributed by atoms with Crippen LogP contribution in [0.25, 0.3) is 11.3 Å². The SMILES string of the molecule is Cc1cc(C(=O)Nc2cccc(-c3cn4c(n3)SCC4)c2)no1. The number of imidazole rings is 1. The number of amides is 1. The molecule has 1 aliphatic heterocycles. The fourth-order valence-corrected chi connectivity index (χ4v) is 3.42. The Labute approximate surface area is 136 Å². The summed E-state index contributed by atoms with van der Waals surface area (Å²) in [7, 11) is 0. The Kier molecular flexibility index (Phi) is 3.42. The monoisotopic (exact) mass is 326 g/mol. The number of benzene rings is 1. The molecule has 1 aromatic carbocycles. The van der Waals surface area contributed by atoms with Crippen LogP contribution in [0.5, 0.6) is 0 Å². The van der Waals surface area contributed by atoms with Crippen molar-refractivity contribution in [1.29, 1.82) is 0 Å². The van der Waals surface area contributed by atoms with Crippen LogP contribution in [0.1, 0.15) is 16.2 Å². The van der Waals surface area contributed by atoms with E-state index in [1.165, 1.54) is 0 Å². The first-order chi connectivity index (χ1) is 11.2. The first-order valence-corrected chi connectivity index (χ1v) is 8.23. The van der Waals surface area contributed by atoms with Crippen molar-refractivity contribution in [1.82, 2.24) is 14.7 Å². The highest BCUT2D eigenvalue weighted by atomic mass is 32.2. The average molecular weight is 326 g/mol. The van der Waals surface area contributed by atoms with Gasteiger partial charge in [-0.3, -0.25) is 4.79 Å². The minimum Gasteiger partial charge on any atom is -0.361 e. The Morgan fingerprint density at radius 2 is 2.30 bits per heavy atom. The molecule has 0 saturated heterocycles. The number of carbonyl (C=O) groups excluding carboxylic acids is 1. The molecule has 1 amide bonds. The van der Waals surface area contributed by atoms with Crippen molar-refractivity contribution in [3.05, 3.63) is 48.0 Å². The summed E-state index contributed by atoms with van der Waals surface area (Å²) >= 11 is 1.76. The van der Waals surface area contributed by atoms with Gasteiger partial charge in [0.05, 0.1) is 5.69 Å². The molecule has 0 unspecified atom stereocenters. The summed E-state index contributed by atoms with van der Waals surface area (Å²) in [5.74, 6) is 1.39. The van der Waals surface area contributed by atoms with Gasteiger partial charge in [-0.15, -0.1) is 0 Å². The van der Waals surface area contributed by atoms with Gasteiger partial charge in [-0.25, -0.2) is 4.98 Å². The van der Waals surface area contributed by atoms with Gasteiger partial charge in [-0.1, -0.05) is 29.1 Å². The van der Waals surface area contributed by atoms with Gasteiger partial charge in [-0.2, -0.15) is 0 Å². The van der Waals surface area contributed by atoms with Crippen LogP contribution in [0.15, 0.2) is 46.2 Å².